The van der Waals surface area contributed by atoms with Gasteiger partial charge in [0, 0.05) is 12.2 Å². The van der Waals surface area contributed by atoms with Crippen molar-refractivity contribution < 1.29 is 14.3 Å². The van der Waals surface area contributed by atoms with Crippen molar-refractivity contribution >= 4 is 39.2 Å². The lowest BCUT2D eigenvalue weighted by Crippen LogP contribution is -2.34. The number of urea groups is 1. The van der Waals surface area contributed by atoms with Gasteiger partial charge < -0.3 is 15.0 Å². The maximum absolute atomic E-state index is 12.8. The predicted molar refractivity (Wildman–Crippen MR) is 105 cm³/mol. The van der Waals surface area contributed by atoms with E-state index in [-0.39, 0.29) is 12.1 Å². The SMILES string of the molecule is COC(=O)c1cccc(NC(=O)N2CCC[C@H]2c2nc3ccccc3s2)c1. The van der Waals surface area contributed by atoms with Crippen molar-refractivity contribution in [2.24, 2.45) is 0 Å². The monoisotopic (exact) mass is 381 g/mol. The van der Waals surface area contributed by atoms with Gasteiger partial charge in [0.1, 0.15) is 5.01 Å². The van der Waals surface area contributed by atoms with Crippen molar-refractivity contribution in [1.29, 1.82) is 0 Å². The molecule has 4 rings (SSSR count). The molecule has 0 saturated carbocycles. The van der Waals surface area contributed by atoms with Gasteiger partial charge in [-0.2, -0.15) is 0 Å². The van der Waals surface area contributed by atoms with E-state index >= 15 is 0 Å². The highest BCUT2D eigenvalue weighted by Gasteiger charge is 2.32. The zero-order valence-corrected chi connectivity index (χ0v) is 15.7. The summed E-state index contributed by atoms with van der Waals surface area (Å²) in [6.45, 7) is 0.684. The number of aromatic nitrogens is 1. The molecule has 7 heteroatoms. The molecule has 0 spiro atoms. The van der Waals surface area contributed by atoms with Crippen molar-refractivity contribution in [2.45, 2.75) is 18.9 Å². The minimum Gasteiger partial charge on any atom is -0.465 e. The van der Waals surface area contributed by atoms with Crippen LogP contribution in [0, 0.1) is 0 Å². The summed E-state index contributed by atoms with van der Waals surface area (Å²) in [5.74, 6) is -0.431. The second kappa shape index (κ2) is 7.36. The van der Waals surface area contributed by atoms with Crippen LogP contribution in [0.15, 0.2) is 48.5 Å². The molecule has 6 nitrogen and oxygen atoms in total. The number of anilines is 1. The summed E-state index contributed by atoms with van der Waals surface area (Å²) >= 11 is 1.64. The number of carbonyl (C=O) groups excluding carboxylic acids is 2. The van der Waals surface area contributed by atoms with Crippen molar-refractivity contribution in [3.05, 3.63) is 59.1 Å². The molecule has 0 unspecified atom stereocenters. The number of rotatable bonds is 3. The number of likely N-dealkylation sites (tertiary alicyclic amines) is 1. The lowest BCUT2D eigenvalue weighted by molar-refractivity contribution is 0.0600. The Labute approximate surface area is 160 Å². The molecule has 3 aromatic rings. The molecular formula is C20H19N3O3S. The van der Waals surface area contributed by atoms with E-state index in [9.17, 15) is 9.59 Å². The number of thiazole rings is 1. The molecule has 0 radical (unpaired) electrons. The second-order valence-corrected chi connectivity index (χ2v) is 7.44. The smallest absolute Gasteiger partial charge is 0.337 e. The summed E-state index contributed by atoms with van der Waals surface area (Å²) in [5.41, 5.74) is 1.94. The van der Waals surface area contributed by atoms with E-state index < -0.39 is 5.97 Å². The largest absolute Gasteiger partial charge is 0.465 e. The fraction of sp³-hybridized carbons (Fsp3) is 0.250. The fourth-order valence-corrected chi connectivity index (χ4v) is 4.45. The van der Waals surface area contributed by atoms with Crippen LogP contribution < -0.4 is 5.32 Å². The fourth-order valence-electron chi connectivity index (χ4n) is 3.34. The van der Waals surface area contributed by atoms with Crippen molar-refractivity contribution in [3.63, 3.8) is 0 Å². The predicted octanol–water partition coefficient (Wildman–Crippen LogP) is 4.45. The molecule has 0 bridgehead atoms. The van der Waals surface area contributed by atoms with Crippen LogP contribution in [0.3, 0.4) is 0 Å². The Morgan fingerprint density at radius 3 is 2.89 bits per heavy atom. The number of carbonyl (C=O) groups is 2. The number of nitrogens with zero attached hydrogens (tertiary/aromatic N) is 2. The number of hydrogen-bond acceptors (Lipinski definition) is 5. The van der Waals surface area contributed by atoms with E-state index in [0.717, 1.165) is 28.1 Å². The van der Waals surface area contributed by atoms with Crippen LogP contribution in [0.1, 0.15) is 34.2 Å². The molecule has 1 N–H and O–H groups in total. The standard InChI is InChI=1S/C20H19N3O3S/c1-26-19(24)13-6-4-7-14(12-13)21-20(25)23-11-5-9-16(23)18-22-15-8-2-3-10-17(15)27-18/h2-4,6-8,10,12,16H,5,9,11H2,1H3,(H,21,25)/t16-/m0/s1. The molecule has 2 aromatic carbocycles. The Bertz CT molecular complexity index is 968. The first-order valence-electron chi connectivity index (χ1n) is 8.77. The van der Waals surface area contributed by atoms with Crippen LogP contribution in [-0.2, 0) is 4.74 Å². The highest BCUT2D eigenvalue weighted by Crippen LogP contribution is 2.36. The van der Waals surface area contributed by atoms with E-state index in [1.807, 2.05) is 29.2 Å². The van der Waals surface area contributed by atoms with Gasteiger partial charge in [-0.1, -0.05) is 18.2 Å². The van der Waals surface area contributed by atoms with Gasteiger partial charge in [-0.15, -0.1) is 11.3 Å². The van der Waals surface area contributed by atoms with Crippen LogP contribution in [0.2, 0.25) is 0 Å². The topological polar surface area (TPSA) is 71.5 Å². The number of benzene rings is 2. The van der Waals surface area contributed by atoms with Crippen molar-refractivity contribution in [2.75, 3.05) is 19.0 Å². The van der Waals surface area contributed by atoms with Crippen LogP contribution in [-0.4, -0.2) is 35.5 Å². The van der Waals surface area contributed by atoms with E-state index in [0.29, 0.717) is 17.8 Å². The Hall–Kier alpha value is -2.93. The number of amides is 2. The van der Waals surface area contributed by atoms with Gasteiger partial charge in [0.2, 0.25) is 0 Å². The van der Waals surface area contributed by atoms with E-state index in [1.54, 1.807) is 35.6 Å². The van der Waals surface area contributed by atoms with E-state index in [1.165, 1.54) is 7.11 Å². The zero-order chi connectivity index (χ0) is 18.8. The lowest BCUT2D eigenvalue weighted by atomic mass is 10.2. The molecule has 1 fully saturated rings. The first-order chi connectivity index (χ1) is 13.2. The number of hydrogen-bond donors (Lipinski definition) is 1. The second-order valence-electron chi connectivity index (χ2n) is 6.37. The first kappa shape index (κ1) is 17.5. The van der Waals surface area contributed by atoms with Gasteiger partial charge in [-0.3, -0.25) is 0 Å². The molecule has 2 amide bonds. The summed E-state index contributed by atoms with van der Waals surface area (Å²) in [5, 5.41) is 3.86. The first-order valence-corrected chi connectivity index (χ1v) is 9.59. The van der Waals surface area contributed by atoms with Gasteiger partial charge in [0.15, 0.2) is 0 Å². The van der Waals surface area contributed by atoms with Crippen LogP contribution in [0.4, 0.5) is 10.5 Å². The average Bonchev–Trinajstić information content (AvgIpc) is 3.34. The van der Waals surface area contributed by atoms with Gasteiger partial charge in [-0.05, 0) is 43.2 Å². The van der Waals surface area contributed by atoms with Crippen molar-refractivity contribution in [1.82, 2.24) is 9.88 Å². The maximum atomic E-state index is 12.8. The molecule has 2 heterocycles. The Morgan fingerprint density at radius 1 is 1.22 bits per heavy atom. The Morgan fingerprint density at radius 2 is 2.07 bits per heavy atom. The minimum atomic E-state index is -0.431. The van der Waals surface area contributed by atoms with Gasteiger partial charge in [-0.25, -0.2) is 14.6 Å². The summed E-state index contributed by atoms with van der Waals surface area (Å²) in [6.07, 6.45) is 1.84. The van der Waals surface area contributed by atoms with Crippen LogP contribution in [0.5, 0.6) is 0 Å². The van der Waals surface area contributed by atoms with Gasteiger partial charge in [0.05, 0.1) is 28.9 Å². The number of nitrogens with one attached hydrogen (secondary N) is 1. The van der Waals surface area contributed by atoms with E-state index in [4.69, 9.17) is 9.72 Å². The molecule has 138 valence electrons. The number of esters is 1. The number of fused-ring (bicyclic) bond motifs is 1. The highest BCUT2D eigenvalue weighted by atomic mass is 32.1. The molecule has 1 saturated heterocycles. The average molecular weight is 381 g/mol. The van der Waals surface area contributed by atoms with Crippen molar-refractivity contribution in [3.8, 4) is 0 Å². The Balaban J connectivity index is 1.53. The molecule has 1 atom stereocenters. The van der Waals surface area contributed by atoms with Crippen LogP contribution >= 0.6 is 11.3 Å². The number of para-hydroxylation sites is 1. The normalized spacial score (nSPS) is 16.5. The third-order valence-electron chi connectivity index (χ3n) is 4.64. The zero-order valence-electron chi connectivity index (χ0n) is 14.8. The molecule has 27 heavy (non-hydrogen) atoms. The van der Waals surface area contributed by atoms with E-state index in [2.05, 4.69) is 5.32 Å². The minimum absolute atomic E-state index is 0.0220. The number of ether oxygens (including phenoxy) is 1. The maximum Gasteiger partial charge on any atom is 0.337 e. The summed E-state index contributed by atoms with van der Waals surface area (Å²) in [4.78, 5) is 31.1. The molecule has 1 aliphatic rings. The number of methoxy groups -OCH3 is 1. The van der Waals surface area contributed by atoms with Gasteiger partial charge >= 0.3 is 12.0 Å². The van der Waals surface area contributed by atoms with Crippen LogP contribution in [0.25, 0.3) is 10.2 Å². The van der Waals surface area contributed by atoms with Gasteiger partial charge in [0.25, 0.3) is 0 Å². The third kappa shape index (κ3) is 3.50. The molecule has 1 aromatic heterocycles. The molecular weight excluding hydrogens is 362 g/mol. The summed E-state index contributed by atoms with van der Waals surface area (Å²) in [6, 6.07) is 14.6. The quantitative estimate of drug-likeness (QED) is 0.680. The lowest BCUT2D eigenvalue weighted by Gasteiger charge is -2.23. The molecule has 1 aliphatic heterocycles. The summed E-state index contributed by atoms with van der Waals surface area (Å²) < 4.78 is 5.86. The summed E-state index contributed by atoms with van der Waals surface area (Å²) in [7, 11) is 1.33. The Kier molecular flexibility index (Phi) is 4.77. The molecule has 0 aliphatic carbocycles. The third-order valence-corrected chi connectivity index (χ3v) is 5.78. The highest BCUT2D eigenvalue weighted by molar-refractivity contribution is 7.18.